The van der Waals surface area contributed by atoms with Gasteiger partial charge in [0.25, 0.3) is 0 Å². The summed E-state index contributed by atoms with van der Waals surface area (Å²) in [4.78, 5) is 11.9. The highest BCUT2D eigenvalue weighted by atomic mass is 16.3. The summed E-state index contributed by atoms with van der Waals surface area (Å²) in [6, 6.07) is 9.60. The van der Waals surface area contributed by atoms with Crippen LogP contribution >= 0.6 is 0 Å². The number of hydrogen-bond acceptors (Lipinski definition) is 2. The van der Waals surface area contributed by atoms with Crippen LogP contribution in [0.5, 0.6) is 0 Å². The van der Waals surface area contributed by atoms with Crippen molar-refractivity contribution in [1.82, 2.24) is 5.32 Å². The van der Waals surface area contributed by atoms with Crippen LogP contribution in [0.2, 0.25) is 0 Å². The fourth-order valence-corrected chi connectivity index (χ4v) is 2.09. The van der Waals surface area contributed by atoms with Gasteiger partial charge >= 0.3 is 0 Å². The maximum atomic E-state index is 11.9. The molecule has 0 spiro atoms. The minimum absolute atomic E-state index is 0.0107. The summed E-state index contributed by atoms with van der Waals surface area (Å²) in [6.45, 7) is 3.91. The van der Waals surface area contributed by atoms with E-state index in [4.69, 9.17) is 0 Å². The number of unbranched alkanes of at least 4 members (excludes halogenated alkanes) is 3. The van der Waals surface area contributed by atoms with Gasteiger partial charge in [-0.25, -0.2) is 0 Å². The fourth-order valence-electron chi connectivity index (χ4n) is 2.09. The quantitative estimate of drug-likeness (QED) is 0.708. The maximum absolute atomic E-state index is 11.9. The zero-order valence-electron chi connectivity index (χ0n) is 12.0. The molecule has 1 atom stereocenters. The summed E-state index contributed by atoms with van der Waals surface area (Å²) in [5.41, 5.74) is 0.239. The molecule has 0 radical (unpaired) electrons. The lowest BCUT2D eigenvalue weighted by Crippen LogP contribution is -2.46. The summed E-state index contributed by atoms with van der Waals surface area (Å²) >= 11 is 0. The van der Waals surface area contributed by atoms with E-state index in [0.29, 0.717) is 6.42 Å². The zero-order valence-corrected chi connectivity index (χ0v) is 12.0. The summed E-state index contributed by atoms with van der Waals surface area (Å²) in [7, 11) is 0. The molecule has 0 aromatic heterocycles. The predicted molar refractivity (Wildman–Crippen MR) is 77.8 cm³/mol. The smallest absolute Gasteiger partial charge is 0.220 e. The van der Waals surface area contributed by atoms with Crippen molar-refractivity contribution in [2.75, 3.05) is 6.61 Å². The second-order valence-corrected chi connectivity index (χ2v) is 5.22. The molecule has 0 aliphatic rings. The number of carbonyl (C=O) groups excluding carboxylic acids is 1. The zero-order chi connectivity index (χ0) is 14.1. The van der Waals surface area contributed by atoms with Gasteiger partial charge in [0.2, 0.25) is 5.91 Å². The number of benzene rings is 1. The van der Waals surface area contributed by atoms with Crippen LogP contribution in [-0.2, 0) is 10.3 Å². The molecule has 0 saturated carbocycles. The molecule has 19 heavy (non-hydrogen) atoms. The summed E-state index contributed by atoms with van der Waals surface area (Å²) < 4.78 is 0. The molecule has 2 N–H and O–H groups in total. The highest BCUT2D eigenvalue weighted by Gasteiger charge is 2.27. The van der Waals surface area contributed by atoms with Crippen molar-refractivity contribution in [3.63, 3.8) is 0 Å². The molecule has 3 nitrogen and oxygen atoms in total. The summed E-state index contributed by atoms with van der Waals surface area (Å²) in [6.07, 6.45) is 4.87. The number of carbonyl (C=O) groups is 1. The highest BCUT2D eigenvalue weighted by Crippen LogP contribution is 2.20. The maximum Gasteiger partial charge on any atom is 0.220 e. The molecular formula is C16H25NO2. The van der Waals surface area contributed by atoms with Gasteiger partial charge in [0.15, 0.2) is 0 Å². The van der Waals surface area contributed by atoms with Crippen LogP contribution < -0.4 is 5.32 Å². The predicted octanol–water partition coefficient (Wildman–Crippen LogP) is 2.98. The summed E-state index contributed by atoms with van der Waals surface area (Å²) in [5.74, 6) is 0.0107. The molecule has 1 amide bonds. The topological polar surface area (TPSA) is 49.3 Å². The molecule has 0 heterocycles. The van der Waals surface area contributed by atoms with Crippen molar-refractivity contribution in [3.05, 3.63) is 35.9 Å². The number of nitrogens with one attached hydrogen (secondary N) is 1. The second-order valence-electron chi connectivity index (χ2n) is 5.22. The lowest BCUT2D eigenvalue weighted by Gasteiger charge is -2.29. The van der Waals surface area contributed by atoms with Gasteiger partial charge in [0.1, 0.15) is 0 Å². The van der Waals surface area contributed by atoms with Crippen LogP contribution in [-0.4, -0.2) is 17.6 Å². The molecule has 1 aromatic carbocycles. The molecule has 1 rings (SSSR count). The Morgan fingerprint density at radius 1 is 1.21 bits per heavy atom. The van der Waals surface area contributed by atoms with E-state index in [0.717, 1.165) is 18.4 Å². The fraction of sp³-hybridized carbons (Fsp3) is 0.562. The van der Waals surface area contributed by atoms with Crippen LogP contribution in [0.1, 0.15) is 51.5 Å². The van der Waals surface area contributed by atoms with Crippen LogP contribution in [0.15, 0.2) is 30.3 Å². The molecule has 1 aromatic rings. The number of amides is 1. The van der Waals surface area contributed by atoms with E-state index >= 15 is 0 Å². The first-order chi connectivity index (χ1) is 9.12. The number of aliphatic hydroxyl groups is 1. The minimum Gasteiger partial charge on any atom is -0.394 e. The molecule has 106 valence electrons. The van der Waals surface area contributed by atoms with E-state index in [9.17, 15) is 9.90 Å². The monoisotopic (exact) mass is 263 g/mol. The lowest BCUT2D eigenvalue weighted by atomic mass is 9.92. The number of hydrogen-bond donors (Lipinski definition) is 2. The van der Waals surface area contributed by atoms with Gasteiger partial charge in [-0.2, -0.15) is 0 Å². The highest BCUT2D eigenvalue weighted by molar-refractivity contribution is 5.77. The third-order valence-electron chi connectivity index (χ3n) is 3.40. The first-order valence-corrected chi connectivity index (χ1v) is 7.10. The molecule has 0 bridgehead atoms. The van der Waals surface area contributed by atoms with Crippen molar-refractivity contribution in [3.8, 4) is 0 Å². The molecule has 0 aliphatic carbocycles. The van der Waals surface area contributed by atoms with Crippen LogP contribution in [0.3, 0.4) is 0 Å². The third kappa shape index (κ3) is 5.03. The van der Waals surface area contributed by atoms with Crippen LogP contribution in [0, 0.1) is 0 Å². The Hall–Kier alpha value is -1.35. The van der Waals surface area contributed by atoms with E-state index in [-0.39, 0.29) is 12.5 Å². The first kappa shape index (κ1) is 15.7. The van der Waals surface area contributed by atoms with Gasteiger partial charge in [-0.15, -0.1) is 0 Å². The van der Waals surface area contributed by atoms with Crippen molar-refractivity contribution >= 4 is 5.91 Å². The van der Waals surface area contributed by atoms with E-state index in [1.54, 1.807) is 0 Å². The van der Waals surface area contributed by atoms with Crippen LogP contribution in [0.4, 0.5) is 0 Å². The Labute approximate surface area is 116 Å². The van der Waals surface area contributed by atoms with Crippen molar-refractivity contribution < 1.29 is 9.90 Å². The molecule has 0 saturated heterocycles. The molecular weight excluding hydrogens is 238 g/mol. The molecule has 1 unspecified atom stereocenters. The largest absolute Gasteiger partial charge is 0.394 e. The Kier molecular flexibility index (Phi) is 6.57. The average molecular weight is 263 g/mol. The third-order valence-corrected chi connectivity index (χ3v) is 3.40. The van der Waals surface area contributed by atoms with Gasteiger partial charge in [-0.3, -0.25) is 4.79 Å². The van der Waals surface area contributed by atoms with Gasteiger partial charge in [-0.1, -0.05) is 56.5 Å². The van der Waals surface area contributed by atoms with Crippen molar-refractivity contribution in [2.24, 2.45) is 0 Å². The number of rotatable bonds is 8. The van der Waals surface area contributed by atoms with Crippen molar-refractivity contribution in [2.45, 2.75) is 51.5 Å². The lowest BCUT2D eigenvalue weighted by molar-refractivity contribution is -0.123. The van der Waals surface area contributed by atoms with Gasteiger partial charge in [0, 0.05) is 6.42 Å². The Morgan fingerprint density at radius 3 is 2.47 bits per heavy atom. The second kappa shape index (κ2) is 7.95. The van der Waals surface area contributed by atoms with E-state index < -0.39 is 5.54 Å². The minimum atomic E-state index is -0.691. The van der Waals surface area contributed by atoms with Crippen LogP contribution in [0.25, 0.3) is 0 Å². The normalized spacial score (nSPS) is 13.8. The van der Waals surface area contributed by atoms with Crippen molar-refractivity contribution in [1.29, 1.82) is 0 Å². The van der Waals surface area contributed by atoms with Gasteiger partial charge in [0.05, 0.1) is 12.1 Å². The van der Waals surface area contributed by atoms with E-state index in [1.807, 2.05) is 37.3 Å². The van der Waals surface area contributed by atoms with Gasteiger partial charge in [-0.05, 0) is 18.9 Å². The van der Waals surface area contributed by atoms with Gasteiger partial charge < -0.3 is 10.4 Å². The molecule has 0 fully saturated rings. The summed E-state index contributed by atoms with van der Waals surface area (Å²) in [5, 5.41) is 12.5. The Balaban J connectivity index is 2.54. The average Bonchev–Trinajstić information content (AvgIpc) is 2.44. The van der Waals surface area contributed by atoms with E-state index in [1.165, 1.54) is 12.8 Å². The Morgan fingerprint density at radius 2 is 1.89 bits per heavy atom. The standard InChI is InChI=1S/C16H25NO2/c1-3-4-5-9-12-15(19)17-16(2,13-18)14-10-7-6-8-11-14/h6-8,10-11,18H,3-5,9,12-13H2,1-2H3,(H,17,19). The number of aliphatic hydroxyl groups excluding tert-OH is 1. The molecule has 3 heteroatoms. The first-order valence-electron chi connectivity index (χ1n) is 7.10. The van der Waals surface area contributed by atoms with E-state index in [2.05, 4.69) is 12.2 Å². The molecule has 0 aliphatic heterocycles. The Bertz CT molecular complexity index is 378. The SMILES string of the molecule is CCCCCCC(=O)NC(C)(CO)c1ccccc1.